The van der Waals surface area contributed by atoms with Crippen LogP contribution in [-0.4, -0.2) is 48.9 Å². The zero-order valence-corrected chi connectivity index (χ0v) is 19.5. The Morgan fingerprint density at radius 2 is 1.76 bits per heavy atom. The Balaban J connectivity index is 1.89. The molecule has 2 aromatic carbocycles. The number of hydrogen-bond acceptors (Lipinski definition) is 6. The molecule has 182 valence electrons. The predicted octanol–water partition coefficient (Wildman–Crippen LogP) is 3.39. The van der Waals surface area contributed by atoms with E-state index in [4.69, 9.17) is 0 Å². The number of sulfonamides is 1. The van der Waals surface area contributed by atoms with Crippen LogP contribution in [-0.2, 0) is 27.7 Å². The number of fused-ring (bicyclic) bond motifs is 1. The minimum absolute atomic E-state index is 0.130. The summed E-state index contributed by atoms with van der Waals surface area (Å²) in [5.41, 5.74) is -0.853. The van der Waals surface area contributed by atoms with E-state index in [1.807, 2.05) is 0 Å². The number of rotatable bonds is 10. The van der Waals surface area contributed by atoms with Gasteiger partial charge in [-0.2, -0.15) is 0 Å². The lowest BCUT2D eigenvalue weighted by atomic mass is 9.97. The minimum Gasteiger partial charge on any atom is -0.293 e. The number of nitrogens with zero attached hydrogens (tertiary/aromatic N) is 3. The van der Waals surface area contributed by atoms with Crippen LogP contribution >= 0.6 is 0 Å². The first-order valence-corrected chi connectivity index (χ1v) is 12.8. The molecule has 1 aromatic heterocycles. The van der Waals surface area contributed by atoms with Crippen LogP contribution in [0.2, 0.25) is 0 Å². The van der Waals surface area contributed by atoms with Crippen molar-refractivity contribution in [2.75, 3.05) is 12.3 Å². The molecular formula is C21H20F3N3O5S2. The number of aryl methyl sites for hydroxylation is 1. The largest absolute Gasteiger partial charge is 0.293 e. The van der Waals surface area contributed by atoms with Gasteiger partial charge in [-0.3, -0.25) is 19.3 Å². The lowest BCUT2D eigenvalue weighted by Gasteiger charge is -2.17. The van der Waals surface area contributed by atoms with Gasteiger partial charge in [0, 0.05) is 24.5 Å². The molecule has 3 rings (SSSR count). The molecule has 0 saturated carbocycles. The van der Waals surface area contributed by atoms with Crippen LogP contribution in [0.15, 0.2) is 36.7 Å². The molecular weight excluding hydrogens is 495 g/mol. The van der Waals surface area contributed by atoms with Crippen LogP contribution in [0.1, 0.15) is 41.3 Å². The maximum Gasteiger partial charge on any atom is 0.248 e. The Hall–Kier alpha value is -2.74. The topological polar surface area (TPSA) is 118 Å². The molecule has 1 unspecified atom stereocenters. The summed E-state index contributed by atoms with van der Waals surface area (Å²) in [5, 5.41) is 0. The van der Waals surface area contributed by atoms with Gasteiger partial charge in [0.25, 0.3) is 0 Å². The summed E-state index contributed by atoms with van der Waals surface area (Å²) < 4.78 is 89.1. The summed E-state index contributed by atoms with van der Waals surface area (Å²) in [6.07, 6.45) is 2.52. The average Bonchev–Trinajstić information content (AvgIpc) is 2.79. The molecule has 13 heteroatoms. The van der Waals surface area contributed by atoms with Crippen LogP contribution in [0.25, 0.3) is 11.0 Å². The molecule has 1 N–H and O–H groups in total. The maximum absolute atomic E-state index is 15.1. The average molecular weight is 516 g/mol. The Bertz CT molecular complexity index is 1370. The second kappa shape index (κ2) is 10.7. The first kappa shape index (κ1) is 25.9. The van der Waals surface area contributed by atoms with Crippen molar-refractivity contribution in [1.82, 2.24) is 13.7 Å². The molecule has 34 heavy (non-hydrogen) atoms. The van der Waals surface area contributed by atoms with Gasteiger partial charge >= 0.3 is 0 Å². The molecule has 0 fully saturated rings. The van der Waals surface area contributed by atoms with E-state index in [0.29, 0.717) is 20.8 Å². The SMILES string of the molecule is CCCS(=O)(=O)N(CCCc1cc(F)c(F)c(C(=O)c2ccc3nccnc3c2)c1F)S(=O)O. The van der Waals surface area contributed by atoms with E-state index in [9.17, 15) is 30.8 Å². The molecule has 0 spiro atoms. The van der Waals surface area contributed by atoms with Crippen molar-refractivity contribution in [1.29, 1.82) is 0 Å². The minimum atomic E-state index is -4.04. The molecule has 0 aliphatic carbocycles. The summed E-state index contributed by atoms with van der Waals surface area (Å²) in [4.78, 5) is 20.9. The highest BCUT2D eigenvalue weighted by Gasteiger charge is 2.28. The zero-order chi connectivity index (χ0) is 25.0. The molecule has 8 nitrogen and oxygen atoms in total. The number of halogens is 3. The first-order valence-electron chi connectivity index (χ1n) is 10.1. The monoisotopic (exact) mass is 515 g/mol. The molecule has 0 aliphatic heterocycles. The number of hydrogen-bond donors (Lipinski definition) is 1. The standard InChI is InChI=1S/C21H20F3N3O5S2/c1-2-10-34(31,32)27(33(29)30)9-3-4-13-11-15(22)20(24)18(19(13)23)21(28)14-5-6-16-17(12-14)26-8-7-25-16/h5-8,11-12H,2-4,9-10H2,1H3,(H,29,30). The van der Waals surface area contributed by atoms with Crippen LogP contribution in [0, 0.1) is 17.5 Å². The lowest BCUT2D eigenvalue weighted by Crippen LogP contribution is -2.35. The molecule has 0 amide bonds. The third kappa shape index (κ3) is 5.49. The number of benzene rings is 2. The van der Waals surface area contributed by atoms with E-state index >= 15 is 4.39 Å². The van der Waals surface area contributed by atoms with Crippen molar-refractivity contribution in [2.24, 2.45) is 0 Å². The second-order valence-electron chi connectivity index (χ2n) is 7.29. The third-order valence-electron chi connectivity index (χ3n) is 4.92. The van der Waals surface area contributed by atoms with Crippen LogP contribution in [0.3, 0.4) is 0 Å². The van der Waals surface area contributed by atoms with Crippen LogP contribution in [0.4, 0.5) is 13.2 Å². The van der Waals surface area contributed by atoms with E-state index in [1.165, 1.54) is 30.6 Å². The summed E-state index contributed by atoms with van der Waals surface area (Å²) in [7, 11) is -4.04. The Morgan fingerprint density at radius 3 is 2.41 bits per heavy atom. The van der Waals surface area contributed by atoms with Crippen LogP contribution < -0.4 is 0 Å². The molecule has 0 aliphatic rings. The lowest BCUT2D eigenvalue weighted by molar-refractivity contribution is 0.102. The fraction of sp³-hybridized carbons (Fsp3) is 0.286. The molecule has 1 atom stereocenters. The summed E-state index contributed by atoms with van der Waals surface area (Å²) >= 11 is -2.84. The smallest absolute Gasteiger partial charge is 0.248 e. The quantitative estimate of drug-likeness (QED) is 0.250. The molecule has 3 aromatic rings. The van der Waals surface area contributed by atoms with Gasteiger partial charge in [-0.1, -0.05) is 10.6 Å². The molecule has 0 radical (unpaired) electrons. The number of ketones is 1. The maximum atomic E-state index is 15.1. The van der Waals surface area contributed by atoms with Crippen molar-refractivity contribution in [3.8, 4) is 0 Å². The van der Waals surface area contributed by atoms with Gasteiger partial charge in [0.05, 0.1) is 22.3 Å². The normalized spacial score (nSPS) is 12.9. The highest BCUT2D eigenvalue weighted by atomic mass is 32.3. The highest BCUT2D eigenvalue weighted by molar-refractivity contribution is 7.99. The van der Waals surface area contributed by atoms with Gasteiger partial charge in [-0.25, -0.2) is 25.8 Å². The summed E-state index contributed by atoms with van der Waals surface area (Å²) in [6.45, 7) is 1.11. The summed E-state index contributed by atoms with van der Waals surface area (Å²) in [6, 6.07) is 4.58. The number of carbonyl (C=O) groups is 1. The van der Waals surface area contributed by atoms with E-state index in [2.05, 4.69) is 9.97 Å². The first-order chi connectivity index (χ1) is 16.1. The van der Waals surface area contributed by atoms with Gasteiger partial charge in [0.2, 0.25) is 21.3 Å². The van der Waals surface area contributed by atoms with E-state index in [0.717, 1.165) is 0 Å². The van der Waals surface area contributed by atoms with Crippen molar-refractivity contribution in [2.45, 2.75) is 26.2 Å². The van der Waals surface area contributed by atoms with E-state index in [1.54, 1.807) is 6.92 Å². The number of aromatic nitrogens is 2. The van der Waals surface area contributed by atoms with Gasteiger partial charge < -0.3 is 0 Å². The zero-order valence-electron chi connectivity index (χ0n) is 17.9. The predicted molar refractivity (Wildman–Crippen MR) is 119 cm³/mol. The van der Waals surface area contributed by atoms with Crippen molar-refractivity contribution in [3.05, 3.63) is 70.8 Å². The Kier molecular flexibility index (Phi) is 8.13. The molecule has 1 heterocycles. The van der Waals surface area contributed by atoms with Crippen molar-refractivity contribution < 1.29 is 35.1 Å². The van der Waals surface area contributed by atoms with Gasteiger partial charge in [0.1, 0.15) is 5.82 Å². The van der Waals surface area contributed by atoms with Gasteiger partial charge in [0.15, 0.2) is 17.4 Å². The Labute approximate surface area is 196 Å². The molecule has 0 bridgehead atoms. The van der Waals surface area contributed by atoms with E-state index in [-0.39, 0.29) is 36.1 Å². The van der Waals surface area contributed by atoms with Crippen LogP contribution in [0.5, 0.6) is 0 Å². The highest BCUT2D eigenvalue weighted by Crippen LogP contribution is 2.25. The van der Waals surface area contributed by atoms with Gasteiger partial charge in [-0.15, -0.1) is 0 Å². The molecule has 0 saturated heterocycles. The third-order valence-corrected chi connectivity index (χ3v) is 8.25. The van der Waals surface area contributed by atoms with Crippen molar-refractivity contribution >= 4 is 38.1 Å². The fourth-order valence-corrected chi connectivity index (χ4v) is 5.77. The second-order valence-corrected chi connectivity index (χ2v) is 10.4. The van der Waals surface area contributed by atoms with Crippen molar-refractivity contribution in [3.63, 3.8) is 0 Å². The fourth-order valence-electron chi connectivity index (χ4n) is 3.36. The summed E-state index contributed by atoms with van der Waals surface area (Å²) in [5.74, 6) is -5.88. The van der Waals surface area contributed by atoms with Gasteiger partial charge in [-0.05, 0) is 49.1 Å². The van der Waals surface area contributed by atoms with E-state index < -0.39 is 56.6 Å². The number of carbonyl (C=O) groups excluding carboxylic acids is 1. The Morgan fingerprint density at radius 1 is 1.09 bits per heavy atom.